The average molecular weight is 438 g/mol. The maximum Gasteiger partial charge on any atom is 0.410 e. The molecule has 0 bridgehead atoms. The Kier molecular flexibility index (Phi) is 5.64. The molecule has 4 rings (SSSR count). The van der Waals surface area contributed by atoms with Crippen LogP contribution in [-0.2, 0) is 4.74 Å². The number of hydrogen-bond acceptors (Lipinski definition) is 8. The summed E-state index contributed by atoms with van der Waals surface area (Å²) in [4.78, 5) is 39.6. The Bertz CT molecular complexity index is 1140. The van der Waals surface area contributed by atoms with E-state index in [9.17, 15) is 9.59 Å². The van der Waals surface area contributed by atoms with Gasteiger partial charge in [-0.1, -0.05) is 0 Å². The summed E-state index contributed by atoms with van der Waals surface area (Å²) in [7, 11) is 0. The standard InChI is InChI=1S/C21H26N8O3/c1-21(2,3)32-20(31)29-6-4-5-13(10-29)27-19-17-16(23-11-24-19)14(18(22)30)7-15(28-17)12-8-25-26-9-12/h7-9,11,13H,4-6,10H2,1-3H3,(H2,22,30)(H,25,26)(H,23,24,27)/t13-/m0/s1. The minimum atomic E-state index is -0.611. The Balaban J connectivity index is 1.64. The number of primary amides is 1. The van der Waals surface area contributed by atoms with Crippen molar-refractivity contribution in [3.63, 3.8) is 0 Å². The van der Waals surface area contributed by atoms with Crippen molar-refractivity contribution >= 4 is 28.9 Å². The van der Waals surface area contributed by atoms with Gasteiger partial charge in [-0.05, 0) is 39.7 Å². The van der Waals surface area contributed by atoms with Crippen molar-refractivity contribution in [1.82, 2.24) is 30.0 Å². The number of H-pyrrole nitrogens is 1. The quantitative estimate of drug-likeness (QED) is 0.561. The number of carbonyl (C=O) groups is 2. The summed E-state index contributed by atoms with van der Waals surface area (Å²) in [6, 6.07) is 1.53. The second kappa shape index (κ2) is 8.40. The zero-order valence-electron chi connectivity index (χ0n) is 18.3. The molecule has 0 saturated carbocycles. The van der Waals surface area contributed by atoms with E-state index in [2.05, 4.69) is 30.5 Å². The normalized spacial score (nSPS) is 16.7. The van der Waals surface area contributed by atoms with Crippen molar-refractivity contribution in [1.29, 1.82) is 0 Å². The summed E-state index contributed by atoms with van der Waals surface area (Å²) in [5.74, 6) is -0.139. The van der Waals surface area contributed by atoms with E-state index in [1.165, 1.54) is 6.33 Å². The minimum absolute atomic E-state index is 0.0641. The lowest BCUT2D eigenvalue weighted by Gasteiger charge is -2.34. The number of pyridine rings is 1. The highest BCUT2D eigenvalue weighted by atomic mass is 16.6. The molecule has 0 aliphatic carbocycles. The van der Waals surface area contributed by atoms with Crippen molar-refractivity contribution in [3.8, 4) is 11.3 Å². The molecule has 4 N–H and O–H groups in total. The molecule has 168 valence electrons. The van der Waals surface area contributed by atoms with Crippen LogP contribution in [0.3, 0.4) is 0 Å². The molecule has 32 heavy (non-hydrogen) atoms. The third-order valence-electron chi connectivity index (χ3n) is 5.06. The van der Waals surface area contributed by atoms with E-state index in [4.69, 9.17) is 10.5 Å². The van der Waals surface area contributed by atoms with Gasteiger partial charge in [0.25, 0.3) is 5.91 Å². The predicted molar refractivity (Wildman–Crippen MR) is 118 cm³/mol. The Labute approximate surface area is 184 Å². The van der Waals surface area contributed by atoms with Crippen LogP contribution in [0.1, 0.15) is 44.0 Å². The number of carbonyl (C=O) groups excluding carboxylic acids is 2. The van der Waals surface area contributed by atoms with Gasteiger partial charge >= 0.3 is 6.09 Å². The molecule has 0 radical (unpaired) electrons. The number of nitrogens with one attached hydrogen (secondary N) is 2. The lowest BCUT2D eigenvalue weighted by molar-refractivity contribution is 0.0206. The van der Waals surface area contributed by atoms with Gasteiger partial charge in [0.05, 0.1) is 17.5 Å². The van der Waals surface area contributed by atoms with Crippen LogP contribution >= 0.6 is 0 Å². The van der Waals surface area contributed by atoms with E-state index < -0.39 is 11.5 Å². The first-order chi connectivity index (χ1) is 15.2. The molecular formula is C21H26N8O3. The molecule has 3 aromatic heterocycles. The first kappa shape index (κ1) is 21.5. The molecule has 1 saturated heterocycles. The van der Waals surface area contributed by atoms with Crippen molar-refractivity contribution in [2.75, 3.05) is 18.4 Å². The van der Waals surface area contributed by atoms with Crippen molar-refractivity contribution in [2.24, 2.45) is 5.73 Å². The summed E-state index contributed by atoms with van der Waals surface area (Å²) >= 11 is 0. The predicted octanol–water partition coefficient (Wildman–Crippen LogP) is 2.33. The van der Waals surface area contributed by atoms with Gasteiger partial charge < -0.3 is 20.7 Å². The van der Waals surface area contributed by atoms with Gasteiger partial charge in [-0.25, -0.2) is 19.7 Å². The Morgan fingerprint density at radius 1 is 1.28 bits per heavy atom. The SMILES string of the molecule is CC(C)(C)OC(=O)N1CCC[C@H](Nc2ncnc3c(C(N)=O)cc(-c4cn[nH]c4)nc23)C1. The fourth-order valence-electron chi connectivity index (χ4n) is 3.65. The van der Waals surface area contributed by atoms with Gasteiger partial charge in [-0.2, -0.15) is 5.10 Å². The highest BCUT2D eigenvalue weighted by molar-refractivity contribution is 6.06. The first-order valence-electron chi connectivity index (χ1n) is 10.4. The zero-order chi connectivity index (χ0) is 22.9. The molecule has 11 nitrogen and oxygen atoms in total. The molecule has 11 heteroatoms. The number of hydrogen-bond donors (Lipinski definition) is 3. The Morgan fingerprint density at radius 3 is 2.78 bits per heavy atom. The van der Waals surface area contributed by atoms with E-state index in [0.29, 0.717) is 41.2 Å². The summed E-state index contributed by atoms with van der Waals surface area (Å²) in [5, 5.41) is 10.0. The van der Waals surface area contributed by atoms with Crippen LogP contribution in [0.4, 0.5) is 10.6 Å². The van der Waals surface area contributed by atoms with Crippen molar-refractivity contribution in [3.05, 3.63) is 30.4 Å². The monoisotopic (exact) mass is 438 g/mol. The zero-order valence-corrected chi connectivity index (χ0v) is 18.3. The number of anilines is 1. The molecule has 1 aliphatic rings. The van der Waals surface area contributed by atoms with E-state index >= 15 is 0 Å². The number of amides is 2. The Morgan fingerprint density at radius 2 is 2.09 bits per heavy atom. The largest absolute Gasteiger partial charge is 0.444 e. The summed E-state index contributed by atoms with van der Waals surface area (Å²) in [6.07, 6.45) is 5.97. The molecular weight excluding hydrogens is 412 g/mol. The molecule has 0 spiro atoms. The number of aromatic nitrogens is 5. The number of piperidine rings is 1. The number of nitrogens with zero attached hydrogens (tertiary/aromatic N) is 5. The number of aromatic amines is 1. The fraction of sp³-hybridized carbons (Fsp3) is 0.429. The fourth-order valence-corrected chi connectivity index (χ4v) is 3.65. The maximum atomic E-state index is 12.5. The maximum absolute atomic E-state index is 12.5. The molecule has 1 aliphatic heterocycles. The number of ether oxygens (including phenoxy) is 1. The lowest BCUT2D eigenvalue weighted by Crippen LogP contribution is -2.47. The lowest BCUT2D eigenvalue weighted by atomic mass is 10.1. The van der Waals surface area contributed by atoms with Crippen LogP contribution in [0.2, 0.25) is 0 Å². The van der Waals surface area contributed by atoms with Gasteiger partial charge in [0.15, 0.2) is 5.82 Å². The summed E-state index contributed by atoms with van der Waals surface area (Å²) in [6.45, 7) is 6.63. The second-order valence-corrected chi connectivity index (χ2v) is 8.74. The van der Waals surface area contributed by atoms with Gasteiger partial charge in [-0.15, -0.1) is 0 Å². The van der Waals surface area contributed by atoms with E-state index in [0.717, 1.165) is 12.8 Å². The van der Waals surface area contributed by atoms with Crippen LogP contribution in [0, 0.1) is 0 Å². The smallest absolute Gasteiger partial charge is 0.410 e. The van der Waals surface area contributed by atoms with Gasteiger partial charge in [-0.3, -0.25) is 9.89 Å². The van der Waals surface area contributed by atoms with Crippen LogP contribution in [0.25, 0.3) is 22.3 Å². The third-order valence-corrected chi connectivity index (χ3v) is 5.06. The van der Waals surface area contributed by atoms with Crippen LogP contribution in [0.5, 0.6) is 0 Å². The summed E-state index contributed by atoms with van der Waals surface area (Å²) in [5.41, 5.74) is 7.32. The van der Waals surface area contributed by atoms with Crippen LogP contribution in [0.15, 0.2) is 24.8 Å². The minimum Gasteiger partial charge on any atom is -0.444 e. The van der Waals surface area contributed by atoms with E-state index in [1.807, 2.05) is 20.8 Å². The number of nitrogens with two attached hydrogens (primary N) is 1. The number of rotatable bonds is 4. The van der Waals surface area contributed by atoms with Gasteiger partial charge in [0.2, 0.25) is 0 Å². The molecule has 3 aromatic rings. The van der Waals surface area contributed by atoms with Crippen LogP contribution in [-0.4, -0.2) is 66.8 Å². The molecule has 2 amide bonds. The molecule has 4 heterocycles. The van der Waals surface area contributed by atoms with Gasteiger partial charge in [0, 0.05) is 30.9 Å². The topological polar surface area (TPSA) is 152 Å². The highest BCUT2D eigenvalue weighted by Crippen LogP contribution is 2.27. The average Bonchev–Trinajstić information content (AvgIpc) is 3.27. The summed E-state index contributed by atoms with van der Waals surface area (Å²) < 4.78 is 5.51. The van der Waals surface area contributed by atoms with Crippen molar-refractivity contribution in [2.45, 2.75) is 45.3 Å². The number of likely N-dealkylation sites (tertiary alicyclic amines) is 1. The van der Waals surface area contributed by atoms with Gasteiger partial charge in [0.1, 0.15) is 23.0 Å². The molecule has 0 unspecified atom stereocenters. The third kappa shape index (κ3) is 4.61. The van der Waals surface area contributed by atoms with E-state index in [-0.39, 0.29) is 17.7 Å². The second-order valence-electron chi connectivity index (χ2n) is 8.74. The Hall–Kier alpha value is -3.76. The van der Waals surface area contributed by atoms with E-state index in [1.54, 1.807) is 23.4 Å². The molecule has 1 atom stereocenters. The molecule has 1 fully saturated rings. The highest BCUT2D eigenvalue weighted by Gasteiger charge is 2.28. The first-order valence-corrected chi connectivity index (χ1v) is 10.4. The molecule has 0 aromatic carbocycles. The van der Waals surface area contributed by atoms with Crippen molar-refractivity contribution < 1.29 is 14.3 Å². The number of fused-ring (bicyclic) bond motifs is 1. The van der Waals surface area contributed by atoms with Crippen LogP contribution < -0.4 is 11.1 Å².